The number of anilines is 5. The molecule has 3 fully saturated rings. The Kier molecular flexibility index (Phi) is 8.72. The molecule has 2 N–H and O–H groups in total. The van der Waals surface area contributed by atoms with Crippen molar-refractivity contribution in [2.45, 2.75) is 57.4 Å². The van der Waals surface area contributed by atoms with Crippen LogP contribution in [0.5, 0.6) is 5.75 Å². The molecule has 11 heteroatoms. The Morgan fingerprint density at radius 1 is 0.935 bits per heavy atom. The maximum atomic E-state index is 13.6. The zero-order valence-electron chi connectivity index (χ0n) is 27.1. The zero-order chi connectivity index (χ0) is 32.0. The lowest BCUT2D eigenvalue weighted by molar-refractivity contribution is 0.187. The highest BCUT2D eigenvalue weighted by Gasteiger charge is 2.28. The van der Waals surface area contributed by atoms with E-state index in [1.54, 1.807) is 26.6 Å². The van der Waals surface area contributed by atoms with Gasteiger partial charge in [0.1, 0.15) is 18.7 Å². The van der Waals surface area contributed by atoms with Gasteiger partial charge in [-0.05, 0) is 91.7 Å². The number of aromatic nitrogens is 3. The Morgan fingerprint density at radius 3 is 2.39 bits per heavy atom. The third-order valence-electron chi connectivity index (χ3n) is 9.66. The van der Waals surface area contributed by atoms with Crippen LogP contribution < -0.4 is 25.6 Å². The van der Waals surface area contributed by atoms with Crippen LogP contribution in [0.3, 0.4) is 0 Å². The summed E-state index contributed by atoms with van der Waals surface area (Å²) in [6.45, 7) is 10.0. The number of hydrogen-bond donors (Lipinski definition) is 2. The second-order valence-corrected chi connectivity index (χ2v) is 17.3. The fraction of sp³-hybridized carbons (Fsp3) is 0.457. The van der Waals surface area contributed by atoms with Gasteiger partial charge in [0.25, 0.3) is 0 Å². The molecular formula is C35H43BrN7O2P. The first-order valence-corrected chi connectivity index (χ1v) is 19.8. The van der Waals surface area contributed by atoms with Gasteiger partial charge in [0.05, 0.1) is 28.5 Å². The van der Waals surface area contributed by atoms with E-state index >= 15 is 0 Å². The summed E-state index contributed by atoms with van der Waals surface area (Å²) in [5.41, 5.74) is 5.93. The number of nitrogens with zero attached hydrogens (tertiary/aromatic N) is 5. The SMILES string of the molecule is COc1cc(N2CCN(C3CCCC3)CC2)c(C)cc1Nc1ncc(Br)c(Nc2ccc3nc(C4CC4)ccc3c2P(C)(C)=O)n1. The molecule has 1 aliphatic heterocycles. The topological polar surface area (TPSA) is 95.5 Å². The molecule has 1 saturated heterocycles. The highest BCUT2D eigenvalue weighted by atomic mass is 79.9. The lowest BCUT2D eigenvalue weighted by atomic mass is 10.1. The molecule has 0 atom stereocenters. The summed E-state index contributed by atoms with van der Waals surface area (Å²) in [5, 5.41) is 8.52. The van der Waals surface area contributed by atoms with Crippen LogP contribution in [0.25, 0.3) is 10.9 Å². The van der Waals surface area contributed by atoms with Crippen LogP contribution in [0.2, 0.25) is 0 Å². The third-order valence-corrected chi connectivity index (χ3v) is 11.8. The zero-order valence-corrected chi connectivity index (χ0v) is 29.6. The van der Waals surface area contributed by atoms with Gasteiger partial charge < -0.3 is 24.8 Å². The Morgan fingerprint density at radius 2 is 1.70 bits per heavy atom. The summed E-state index contributed by atoms with van der Waals surface area (Å²) >= 11 is 3.62. The number of nitrogens with one attached hydrogen (secondary N) is 2. The van der Waals surface area contributed by atoms with Crippen LogP contribution in [-0.2, 0) is 4.57 Å². The minimum absolute atomic E-state index is 0.426. The van der Waals surface area contributed by atoms with Gasteiger partial charge in [-0.3, -0.25) is 9.88 Å². The lowest BCUT2D eigenvalue weighted by Gasteiger charge is -2.39. The van der Waals surface area contributed by atoms with Gasteiger partial charge in [-0.2, -0.15) is 4.98 Å². The van der Waals surface area contributed by atoms with E-state index in [0.29, 0.717) is 22.2 Å². The third kappa shape index (κ3) is 6.49. The van der Waals surface area contributed by atoms with E-state index in [1.165, 1.54) is 49.8 Å². The van der Waals surface area contributed by atoms with E-state index in [2.05, 4.69) is 72.5 Å². The Hall–Kier alpha value is -3.20. The summed E-state index contributed by atoms with van der Waals surface area (Å²) in [7, 11) is -0.986. The Labute approximate surface area is 280 Å². The maximum Gasteiger partial charge on any atom is 0.229 e. The van der Waals surface area contributed by atoms with E-state index < -0.39 is 7.14 Å². The molecule has 0 amide bonds. The Bertz CT molecular complexity index is 1810. The Balaban J connectivity index is 1.12. The molecule has 4 aromatic rings. The number of hydrogen-bond acceptors (Lipinski definition) is 9. The van der Waals surface area contributed by atoms with Gasteiger partial charge >= 0.3 is 0 Å². The number of aryl methyl sites for hydroxylation is 1. The second-order valence-electron chi connectivity index (χ2n) is 13.3. The van der Waals surface area contributed by atoms with Crippen molar-refractivity contribution in [1.29, 1.82) is 0 Å². The first-order chi connectivity index (χ1) is 22.2. The normalized spacial score (nSPS) is 17.9. The maximum absolute atomic E-state index is 13.6. The van der Waals surface area contributed by atoms with E-state index in [9.17, 15) is 4.57 Å². The predicted octanol–water partition coefficient (Wildman–Crippen LogP) is 7.78. The van der Waals surface area contributed by atoms with Gasteiger partial charge in [-0.15, -0.1) is 0 Å². The smallest absolute Gasteiger partial charge is 0.229 e. The number of halogens is 1. The molecule has 7 rings (SSSR count). The van der Waals surface area contributed by atoms with Crippen LogP contribution in [0.4, 0.5) is 28.8 Å². The standard InChI is InChI=1S/C35H43BrN7O2P/c1-22-19-30(32(45-2)20-31(22)43-17-15-42(16-18-43)24-7-5-6-8-24)40-35-37-21-26(36)34(41-35)39-29-14-13-28-25(33(29)46(3,4)44)11-12-27(38-28)23-9-10-23/h11-14,19-21,23-24H,5-10,15-18H2,1-4H3,(H2,37,39,40,41). The van der Waals surface area contributed by atoms with Crippen LogP contribution in [0.15, 0.2) is 47.1 Å². The molecule has 0 bridgehead atoms. The van der Waals surface area contributed by atoms with Crippen LogP contribution in [0, 0.1) is 6.92 Å². The van der Waals surface area contributed by atoms with E-state index in [-0.39, 0.29) is 0 Å². The second kappa shape index (κ2) is 12.8. The average Bonchev–Trinajstić information content (AvgIpc) is 3.75. The number of methoxy groups -OCH3 is 1. The van der Waals surface area contributed by atoms with Gasteiger partial charge in [-0.1, -0.05) is 18.9 Å². The van der Waals surface area contributed by atoms with Gasteiger partial charge in [-0.25, -0.2) is 4.98 Å². The molecule has 0 unspecified atom stereocenters. The van der Waals surface area contributed by atoms with Crippen molar-refractivity contribution in [3.8, 4) is 5.75 Å². The van der Waals surface area contributed by atoms with E-state index in [0.717, 1.165) is 71.2 Å². The number of piperazine rings is 1. The number of pyridine rings is 1. The monoisotopic (exact) mass is 703 g/mol. The minimum Gasteiger partial charge on any atom is -0.494 e. The van der Waals surface area contributed by atoms with Crippen LogP contribution in [0.1, 0.15) is 55.7 Å². The highest BCUT2D eigenvalue weighted by Crippen LogP contribution is 2.44. The van der Waals surface area contributed by atoms with Crippen molar-refractivity contribution >= 4 is 68.1 Å². The molecule has 242 valence electrons. The molecule has 2 saturated carbocycles. The van der Waals surface area contributed by atoms with Crippen LogP contribution in [-0.4, -0.2) is 72.5 Å². The summed E-state index contributed by atoms with van der Waals surface area (Å²) < 4.78 is 20.2. The molecule has 0 spiro atoms. The van der Waals surface area contributed by atoms with Gasteiger partial charge in [0.2, 0.25) is 5.95 Å². The molecule has 3 aliphatic rings. The molecule has 3 heterocycles. The quantitative estimate of drug-likeness (QED) is 0.170. The molecule has 0 radical (unpaired) electrons. The largest absolute Gasteiger partial charge is 0.494 e. The molecule has 46 heavy (non-hydrogen) atoms. The molecule has 2 aromatic carbocycles. The first kappa shape index (κ1) is 31.4. The van der Waals surface area contributed by atoms with Crippen molar-refractivity contribution in [2.24, 2.45) is 0 Å². The molecular weight excluding hydrogens is 661 g/mol. The van der Waals surface area contributed by atoms with Gasteiger partial charge in [0.15, 0.2) is 0 Å². The summed E-state index contributed by atoms with van der Waals surface area (Å²) in [4.78, 5) is 19.4. The van der Waals surface area contributed by atoms with Crippen LogP contribution >= 0.6 is 23.1 Å². The molecule has 9 nitrogen and oxygen atoms in total. The predicted molar refractivity (Wildman–Crippen MR) is 193 cm³/mol. The van der Waals surface area contributed by atoms with Crippen molar-refractivity contribution < 1.29 is 9.30 Å². The lowest BCUT2D eigenvalue weighted by Crippen LogP contribution is -2.49. The summed E-state index contributed by atoms with van der Waals surface area (Å²) in [6, 6.07) is 13.1. The van der Waals surface area contributed by atoms with Crippen molar-refractivity contribution in [1.82, 2.24) is 19.9 Å². The fourth-order valence-corrected chi connectivity index (χ4v) is 8.91. The summed E-state index contributed by atoms with van der Waals surface area (Å²) in [6.07, 6.45) is 9.55. The molecule has 2 aliphatic carbocycles. The first-order valence-electron chi connectivity index (χ1n) is 16.4. The van der Waals surface area contributed by atoms with Crippen molar-refractivity contribution in [3.63, 3.8) is 0 Å². The number of ether oxygens (including phenoxy) is 1. The van der Waals surface area contributed by atoms with E-state index in [1.807, 2.05) is 12.1 Å². The average molecular weight is 705 g/mol. The fourth-order valence-electron chi connectivity index (χ4n) is 7.14. The molecule has 2 aromatic heterocycles. The number of rotatable bonds is 9. The van der Waals surface area contributed by atoms with Crippen molar-refractivity contribution in [2.75, 3.05) is 62.2 Å². The minimum atomic E-state index is -2.69. The number of fused-ring (bicyclic) bond motifs is 1. The van der Waals surface area contributed by atoms with E-state index in [4.69, 9.17) is 14.7 Å². The van der Waals surface area contributed by atoms with Crippen molar-refractivity contribution in [3.05, 3.63) is 58.3 Å². The number of benzene rings is 2. The van der Waals surface area contributed by atoms with Gasteiger partial charge in [0, 0.05) is 72.5 Å². The highest BCUT2D eigenvalue weighted by molar-refractivity contribution is 9.10. The summed E-state index contributed by atoms with van der Waals surface area (Å²) in [5.74, 6) is 2.30.